The molecule has 0 aromatic rings. The van der Waals surface area contributed by atoms with E-state index in [1.807, 2.05) is 0 Å². The summed E-state index contributed by atoms with van der Waals surface area (Å²) in [5.41, 5.74) is 0. The largest absolute Gasteiger partial charge is 0.328 e. The van der Waals surface area contributed by atoms with Crippen LogP contribution in [0.2, 0.25) is 0 Å². The van der Waals surface area contributed by atoms with Gasteiger partial charge in [-0.15, -0.1) is 0 Å². The van der Waals surface area contributed by atoms with E-state index in [1.54, 1.807) is 0 Å². The third-order valence-corrected chi connectivity index (χ3v) is 1.73. The first-order valence-corrected chi connectivity index (χ1v) is 3.21. The standard InChI is InChI=1S/C7H13.Y/c1-7-5-3-2-4-6-7;/h2,7H,3-6H2,1H3;/q-1;. The van der Waals surface area contributed by atoms with Gasteiger partial charge in [0.1, 0.15) is 0 Å². The molecule has 0 aromatic carbocycles. The van der Waals surface area contributed by atoms with E-state index in [0.29, 0.717) is 0 Å². The fraction of sp³-hybridized carbons (Fsp3) is 0.857. The molecule has 8 heavy (non-hydrogen) atoms. The summed E-state index contributed by atoms with van der Waals surface area (Å²) in [4.78, 5) is 0. The van der Waals surface area contributed by atoms with Crippen LogP contribution in [0.5, 0.6) is 0 Å². The molecule has 45 valence electrons. The molecule has 1 rings (SSSR count). The molecule has 1 radical (unpaired) electrons. The quantitative estimate of drug-likeness (QED) is 0.509. The maximum absolute atomic E-state index is 2.40. The molecule has 0 aliphatic heterocycles. The van der Waals surface area contributed by atoms with Crippen LogP contribution < -0.4 is 0 Å². The van der Waals surface area contributed by atoms with Crippen LogP contribution in [0.4, 0.5) is 0 Å². The van der Waals surface area contributed by atoms with Gasteiger partial charge in [-0.2, -0.15) is 12.8 Å². The Morgan fingerprint density at radius 2 is 1.75 bits per heavy atom. The zero-order chi connectivity index (χ0) is 5.11. The van der Waals surface area contributed by atoms with Crippen molar-refractivity contribution in [2.45, 2.75) is 32.6 Å². The smallest absolute Gasteiger partial charge is 0 e. The van der Waals surface area contributed by atoms with Crippen molar-refractivity contribution in [2.75, 3.05) is 0 Å². The maximum atomic E-state index is 2.40. The maximum Gasteiger partial charge on any atom is 0 e. The number of hydrogen-bond donors (Lipinski definition) is 0. The van der Waals surface area contributed by atoms with Gasteiger partial charge in [-0.25, -0.2) is 0 Å². The van der Waals surface area contributed by atoms with E-state index in [-0.39, 0.29) is 32.7 Å². The molecule has 0 bridgehead atoms. The molecule has 0 saturated heterocycles. The first kappa shape index (κ1) is 9.10. The third-order valence-electron chi connectivity index (χ3n) is 1.73. The third kappa shape index (κ3) is 3.19. The van der Waals surface area contributed by atoms with Gasteiger partial charge < -0.3 is 6.42 Å². The van der Waals surface area contributed by atoms with E-state index in [9.17, 15) is 0 Å². The van der Waals surface area contributed by atoms with Crippen molar-refractivity contribution in [2.24, 2.45) is 5.92 Å². The van der Waals surface area contributed by atoms with E-state index in [4.69, 9.17) is 0 Å². The summed E-state index contributed by atoms with van der Waals surface area (Å²) in [5, 5.41) is 0. The summed E-state index contributed by atoms with van der Waals surface area (Å²) in [5.74, 6) is 1.00. The van der Waals surface area contributed by atoms with Crippen molar-refractivity contribution in [1.82, 2.24) is 0 Å². The summed E-state index contributed by atoms with van der Waals surface area (Å²) in [6.07, 6.45) is 7.99. The molecule has 1 aliphatic carbocycles. The van der Waals surface area contributed by atoms with Gasteiger partial charge in [0.15, 0.2) is 0 Å². The summed E-state index contributed by atoms with van der Waals surface area (Å²) in [6, 6.07) is 0. The second-order valence-electron chi connectivity index (χ2n) is 2.55. The van der Waals surface area contributed by atoms with Crippen LogP contribution in [-0.2, 0) is 32.7 Å². The predicted molar refractivity (Wildman–Crippen MR) is 31.9 cm³/mol. The molecule has 1 heteroatoms. The van der Waals surface area contributed by atoms with Gasteiger partial charge in [0.25, 0.3) is 0 Å². The van der Waals surface area contributed by atoms with Crippen LogP contribution >= 0.6 is 0 Å². The zero-order valence-corrected chi connectivity index (χ0v) is 8.40. The Balaban J connectivity index is 0.000000490. The Hall–Kier alpha value is 1.10. The first-order valence-electron chi connectivity index (χ1n) is 3.21. The van der Waals surface area contributed by atoms with E-state index >= 15 is 0 Å². The van der Waals surface area contributed by atoms with Crippen LogP contribution in [0.15, 0.2) is 0 Å². The number of rotatable bonds is 0. The van der Waals surface area contributed by atoms with Gasteiger partial charge in [-0.1, -0.05) is 19.8 Å². The van der Waals surface area contributed by atoms with Gasteiger partial charge in [0.2, 0.25) is 0 Å². The predicted octanol–water partition coefficient (Wildman–Crippen LogP) is 2.40. The molecule has 0 N–H and O–H groups in total. The minimum absolute atomic E-state index is 0. The van der Waals surface area contributed by atoms with Crippen LogP contribution in [0, 0.1) is 12.3 Å². The minimum atomic E-state index is 0. The van der Waals surface area contributed by atoms with Gasteiger partial charge in [-0.3, -0.25) is 0 Å². The Kier molecular flexibility index (Phi) is 5.62. The fourth-order valence-corrected chi connectivity index (χ4v) is 1.09. The average molecular weight is 186 g/mol. The molecule has 0 nitrogen and oxygen atoms in total. The molecule has 0 unspecified atom stereocenters. The molecule has 0 atom stereocenters. The Morgan fingerprint density at radius 1 is 1.25 bits per heavy atom. The monoisotopic (exact) mass is 186 g/mol. The van der Waals surface area contributed by atoms with Gasteiger partial charge in [0.05, 0.1) is 0 Å². The van der Waals surface area contributed by atoms with E-state index in [0.717, 1.165) is 5.92 Å². The average Bonchev–Trinajstić information content (AvgIpc) is 1.69. The van der Waals surface area contributed by atoms with Crippen molar-refractivity contribution in [3.05, 3.63) is 6.42 Å². The van der Waals surface area contributed by atoms with Crippen molar-refractivity contribution in [1.29, 1.82) is 0 Å². The topological polar surface area (TPSA) is 0 Å². The van der Waals surface area contributed by atoms with Crippen molar-refractivity contribution in [3.63, 3.8) is 0 Å². The first-order chi connectivity index (χ1) is 3.39. The Morgan fingerprint density at radius 3 is 2.00 bits per heavy atom. The molecule has 1 fully saturated rings. The molecule has 1 saturated carbocycles. The van der Waals surface area contributed by atoms with E-state index < -0.39 is 0 Å². The van der Waals surface area contributed by atoms with Crippen LogP contribution in [0.1, 0.15) is 32.6 Å². The molecule has 0 spiro atoms. The second-order valence-corrected chi connectivity index (χ2v) is 2.55. The molecular weight excluding hydrogens is 173 g/mol. The Bertz CT molecular complexity index is 46.3. The van der Waals surface area contributed by atoms with E-state index in [2.05, 4.69) is 13.3 Å². The molecule has 0 aromatic heterocycles. The van der Waals surface area contributed by atoms with Gasteiger partial charge in [-0.05, 0) is 5.92 Å². The minimum Gasteiger partial charge on any atom is -0.328 e. The number of hydrogen-bond acceptors (Lipinski definition) is 0. The summed E-state index contributed by atoms with van der Waals surface area (Å²) in [7, 11) is 0. The van der Waals surface area contributed by atoms with Gasteiger partial charge >= 0.3 is 0 Å². The van der Waals surface area contributed by atoms with Crippen LogP contribution in [0.3, 0.4) is 0 Å². The van der Waals surface area contributed by atoms with Crippen LogP contribution in [0.25, 0.3) is 0 Å². The van der Waals surface area contributed by atoms with Crippen molar-refractivity contribution in [3.8, 4) is 0 Å². The van der Waals surface area contributed by atoms with Crippen molar-refractivity contribution >= 4 is 0 Å². The summed E-state index contributed by atoms with van der Waals surface area (Å²) >= 11 is 0. The van der Waals surface area contributed by atoms with Crippen molar-refractivity contribution < 1.29 is 32.7 Å². The summed E-state index contributed by atoms with van der Waals surface area (Å²) < 4.78 is 0. The molecular formula is C7H13Y-. The molecule has 0 heterocycles. The molecule has 0 amide bonds. The summed E-state index contributed by atoms with van der Waals surface area (Å²) in [6.45, 7) is 2.34. The Labute approximate surface area is 77.3 Å². The van der Waals surface area contributed by atoms with Crippen LogP contribution in [-0.4, -0.2) is 0 Å². The van der Waals surface area contributed by atoms with E-state index in [1.165, 1.54) is 25.7 Å². The zero-order valence-electron chi connectivity index (χ0n) is 5.56. The normalized spacial score (nSPS) is 22.1. The SMILES string of the molecule is CC1CC[CH-]CC1.[Y]. The second kappa shape index (κ2) is 4.93. The fourth-order valence-electron chi connectivity index (χ4n) is 1.09. The molecule has 1 aliphatic rings. The van der Waals surface area contributed by atoms with Gasteiger partial charge in [0, 0.05) is 32.7 Å².